The fourth-order valence-electron chi connectivity index (χ4n) is 14.1. The molecular formula is C99H103Cl4N19O13. The van der Waals surface area contributed by atoms with Crippen LogP contribution in [0.1, 0.15) is 130 Å². The van der Waals surface area contributed by atoms with Gasteiger partial charge in [-0.2, -0.15) is 0 Å². The zero-order chi connectivity index (χ0) is 97.8. The normalized spacial score (nSPS) is 14.1. The highest BCUT2D eigenvalue weighted by Crippen LogP contribution is 2.28. The van der Waals surface area contributed by atoms with Gasteiger partial charge in [0.2, 0.25) is 0 Å². The number of piperazine rings is 5. The Hall–Kier alpha value is -14.6. The summed E-state index contributed by atoms with van der Waals surface area (Å²) in [4.78, 5) is 158. The Morgan fingerprint density at radius 3 is 0.852 bits per heavy atom. The van der Waals surface area contributed by atoms with Crippen LogP contribution in [0, 0.1) is 31.7 Å². The highest BCUT2D eigenvalue weighted by molar-refractivity contribution is 6.67. The number of aromatic carboxylic acids is 1. The number of amidine groups is 1. The number of halogens is 4. The Bertz CT molecular complexity index is 6250. The zero-order valence-corrected chi connectivity index (χ0v) is 78.8. The van der Waals surface area contributed by atoms with Crippen molar-refractivity contribution in [1.29, 1.82) is 5.41 Å². The lowest BCUT2D eigenvalue weighted by Crippen LogP contribution is -2.51. The van der Waals surface area contributed by atoms with Crippen LogP contribution in [0.4, 0.5) is 32.3 Å². The molecule has 0 aliphatic carbocycles. The van der Waals surface area contributed by atoms with Crippen molar-refractivity contribution in [3.63, 3.8) is 0 Å². The number of hydrogen-bond acceptors (Lipinski definition) is 15. The molecule has 8 heterocycles. The van der Waals surface area contributed by atoms with E-state index in [9.17, 15) is 47.9 Å². The minimum Gasteiger partial charge on any atom is -0.477 e. The molecule has 32 nitrogen and oxygen atoms in total. The molecule has 36 heteroatoms. The summed E-state index contributed by atoms with van der Waals surface area (Å²) in [6, 6.07) is 54.6. The number of aromatic nitrogens is 3. The molecule has 0 unspecified atom stereocenters. The van der Waals surface area contributed by atoms with E-state index in [1.807, 2.05) is 90.9 Å². The molecule has 700 valence electrons. The second kappa shape index (κ2) is 48.2. The molecule has 5 fully saturated rings. The number of nitrogens with zero attached hydrogens (tertiary/aromatic N) is 13. The van der Waals surface area contributed by atoms with Gasteiger partial charge in [0, 0.05) is 226 Å². The van der Waals surface area contributed by atoms with Gasteiger partial charge in [-0.15, -0.1) is 0 Å². The van der Waals surface area contributed by atoms with Crippen molar-refractivity contribution in [2.24, 2.45) is 0 Å². The molecule has 0 saturated carbocycles. The molecule has 5 aliphatic heterocycles. The van der Waals surface area contributed by atoms with Crippen LogP contribution in [-0.4, -0.2) is 285 Å². The van der Waals surface area contributed by atoms with Crippen molar-refractivity contribution >= 4 is 167 Å². The molecule has 5 aliphatic rings. The van der Waals surface area contributed by atoms with Crippen LogP contribution in [0.15, 0.2) is 194 Å². The van der Waals surface area contributed by atoms with E-state index in [1.54, 1.807) is 191 Å². The highest BCUT2D eigenvalue weighted by atomic mass is 35.5. The van der Waals surface area contributed by atoms with Gasteiger partial charge in [-0.3, -0.25) is 39.0 Å². The summed E-state index contributed by atoms with van der Waals surface area (Å²) in [6.07, 6.45) is -0.542. The summed E-state index contributed by atoms with van der Waals surface area (Å²) < 4.78 is 10.6. The molecule has 135 heavy (non-hydrogen) atoms. The first kappa shape index (κ1) is 103. The number of H-pyrrole nitrogens is 3. The van der Waals surface area contributed by atoms with Crippen LogP contribution in [-0.2, 0) is 9.47 Å². The van der Waals surface area contributed by atoms with Crippen LogP contribution >= 0.6 is 46.4 Å². The lowest BCUT2D eigenvalue weighted by Gasteiger charge is -2.35. The topological polar surface area (TPSA) is 351 Å². The van der Waals surface area contributed by atoms with E-state index in [0.29, 0.717) is 161 Å². The van der Waals surface area contributed by atoms with Crippen LogP contribution in [0.2, 0.25) is 15.1 Å². The van der Waals surface area contributed by atoms with E-state index in [-0.39, 0.29) is 58.9 Å². The summed E-state index contributed by atoms with van der Waals surface area (Å²) in [7, 11) is 3.63. The molecule has 5 saturated heterocycles. The first-order valence-corrected chi connectivity index (χ1v) is 44.6. The van der Waals surface area contributed by atoms with Gasteiger partial charge >= 0.3 is 18.2 Å². The number of carbonyl (C=O) groups is 10. The Morgan fingerprint density at radius 2 is 0.578 bits per heavy atom. The van der Waals surface area contributed by atoms with Crippen molar-refractivity contribution in [3.8, 4) is 0 Å². The first-order valence-electron chi connectivity index (χ1n) is 43.1. The van der Waals surface area contributed by atoms with Crippen LogP contribution in [0.25, 0.3) is 52.1 Å². The SMILES string of the molecule is CC(C)(C)OC(=O)N1CCNCC1.CN(C)C(=N)c1ccc(C(=O)N2CCN(C(=O)c3cc4cc(Cl)ccc4[nH]3)CC2)cc1.O=C(O)c1cc2cc(Cl)ccc2[nH]1.[C-]#[N+]c1ccc(C(=O)Cl)cc1.[C-]#[N+]c1ccc(C(=O)N2CCN(C(=O)OC(C)(C)C)CC2)cc1.[C-]#[N+]c1ccc(C(=O)N2CCN(C(=O)c3cc4cc(Cl)ccc4[nH]3)CC2)cc1.[C-]#[N+]c1ccc(C(=O)N2CCNCC2)cc1. The molecule has 0 bridgehead atoms. The Labute approximate surface area is 802 Å². The van der Waals surface area contributed by atoms with Gasteiger partial charge in [-0.25, -0.2) is 33.8 Å². The maximum Gasteiger partial charge on any atom is 0.410 e. The summed E-state index contributed by atoms with van der Waals surface area (Å²) in [6.45, 7) is 50.6. The standard InChI is InChI=1S/C23H24ClN5O2.C21H17ClN4O2.C17H21N3O3.C12H13N3O.C9H6ClNO2.C9H18N2O2.C8H4ClNO/c1-27(2)21(25)15-3-5-16(6-4-15)22(30)28-9-11-29(12-10-28)23(31)20-14-17-13-18(24)7-8-19(17)26-20;1-23-17-5-2-14(3-6-17)20(27)25-8-10-26(11-9-25)21(28)19-13-15-12-16(22)4-7-18(15)24-19;1-17(2,3)23-16(22)20-11-9-19(10-12-20)15(21)13-5-7-14(18-4)8-6-13;1-13-11-4-2-10(3-5-11)12(16)15-8-6-14-7-9-15;10-6-1-2-7-5(3-6)4-8(11-7)9(12)13;1-9(2,3)13-8(12)11-6-4-10-5-7-11;1-10-7-4-2-6(3-5-7)8(9)11/h3-8,13-14,25-26H,9-12H2,1-2H3;2-7,12-13,24H,8-11H2;5-8H,9-12H2,1-3H3;2-5,14H,6-9H2;1-4,11H,(H,12,13);10H,4-7H2,1-3H3;2-5H. The van der Waals surface area contributed by atoms with E-state index < -0.39 is 16.8 Å². The van der Waals surface area contributed by atoms with Crippen LogP contribution in [0.5, 0.6) is 0 Å². The molecular weight excluding hydrogens is 1810 g/mol. The lowest BCUT2D eigenvalue weighted by atomic mass is 10.1. The summed E-state index contributed by atoms with van der Waals surface area (Å²) >= 11 is 23.0. The van der Waals surface area contributed by atoms with Gasteiger partial charge in [0.25, 0.3) is 40.7 Å². The van der Waals surface area contributed by atoms with Gasteiger partial charge < -0.3 is 84.3 Å². The van der Waals surface area contributed by atoms with Gasteiger partial charge in [0.05, 0.1) is 26.3 Å². The van der Waals surface area contributed by atoms with E-state index in [4.69, 9.17) is 92.7 Å². The van der Waals surface area contributed by atoms with Gasteiger partial charge in [0.15, 0.2) is 22.7 Å². The van der Waals surface area contributed by atoms with Crippen molar-refractivity contribution < 1.29 is 62.5 Å². The third-order valence-electron chi connectivity index (χ3n) is 21.3. The molecule has 7 N–H and O–H groups in total. The Kier molecular flexibility index (Phi) is 36.6. The van der Waals surface area contributed by atoms with Crippen LogP contribution < -0.4 is 10.6 Å². The van der Waals surface area contributed by atoms with Gasteiger partial charge in [-0.1, -0.05) is 144 Å². The maximum absolute atomic E-state index is 12.9. The zero-order valence-electron chi connectivity index (χ0n) is 75.8. The maximum atomic E-state index is 12.9. The Morgan fingerprint density at radius 1 is 0.341 bits per heavy atom. The number of carboxylic acids is 1. The average Bonchev–Trinajstić information content (AvgIpc) is 1.64. The fraction of sp³-hybridized carbons (Fsp3) is 0.303. The Balaban J connectivity index is 0.000000168. The number of carbonyl (C=O) groups excluding carboxylic acids is 9. The van der Waals surface area contributed by atoms with Crippen molar-refractivity contribution in [1.82, 2.24) is 69.7 Å². The lowest BCUT2D eigenvalue weighted by molar-refractivity contribution is 0.0140. The second-order valence-electron chi connectivity index (χ2n) is 33.5. The number of benzene rings is 8. The fourth-order valence-corrected chi connectivity index (χ4v) is 14.8. The van der Waals surface area contributed by atoms with Gasteiger partial charge in [0.1, 0.15) is 34.1 Å². The van der Waals surface area contributed by atoms with Crippen molar-refractivity contribution in [2.75, 3.05) is 145 Å². The molecule has 3 aromatic heterocycles. The largest absolute Gasteiger partial charge is 0.477 e. The molecule has 16 rings (SSSR count). The monoisotopic (exact) mass is 1910 g/mol. The number of nitrogens with one attached hydrogen (secondary N) is 6. The van der Waals surface area contributed by atoms with Crippen LogP contribution in [0.3, 0.4) is 0 Å². The average molecular weight is 1910 g/mol. The quantitative estimate of drug-likeness (QED) is 0.0305. The number of hydrogen-bond donors (Lipinski definition) is 7. The molecule has 8 amide bonds. The minimum absolute atomic E-state index is 0.0537. The highest BCUT2D eigenvalue weighted by Gasteiger charge is 2.32. The van der Waals surface area contributed by atoms with E-state index in [0.717, 1.165) is 90.6 Å². The van der Waals surface area contributed by atoms with Gasteiger partial charge in [-0.05, 0) is 138 Å². The summed E-state index contributed by atoms with van der Waals surface area (Å²) in [5.41, 5.74) is 8.46. The molecule has 8 aromatic carbocycles. The van der Waals surface area contributed by atoms with E-state index in [1.165, 1.54) is 12.1 Å². The third-order valence-corrected chi connectivity index (χ3v) is 22.3. The number of fused-ring (bicyclic) bond motifs is 3. The molecule has 0 radical (unpaired) electrons. The minimum atomic E-state index is -0.965. The first-order chi connectivity index (χ1) is 64.4. The number of amides is 8. The second-order valence-corrected chi connectivity index (χ2v) is 35.1. The summed E-state index contributed by atoms with van der Waals surface area (Å²) in [5, 5.41) is 27.1. The van der Waals surface area contributed by atoms with Crippen molar-refractivity contribution in [2.45, 2.75) is 52.7 Å². The molecule has 0 spiro atoms. The van der Waals surface area contributed by atoms with E-state index >= 15 is 0 Å². The predicted octanol–water partition coefficient (Wildman–Crippen LogP) is 17.5. The third kappa shape index (κ3) is 29.9. The number of ether oxygens (including phenoxy) is 2. The predicted molar refractivity (Wildman–Crippen MR) is 522 cm³/mol. The van der Waals surface area contributed by atoms with Crippen molar-refractivity contribution in [3.05, 3.63) is 305 Å². The molecule has 11 aromatic rings. The van der Waals surface area contributed by atoms with E-state index in [2.05, 4.69) is 45.0 Å². The summed E-state index contributed by atoms with van der Waals surface area (Å²) in [5.74, 6) is -0.896. The smallest absolute Gasteiger partial charge is 0.410 e. The number of aromatic amines is 3. The molecule has 0 atom stereocenters. The number of carboxylic acid groups (broad SMARTS) is 1. The number of rotatable bonds is 9.